The van der Waals surface area contributed by atoms with Gasteiger partial charge in [0.05, 0.1) is 0 Å². The Morgan fingerprint density at radius 3 is 2.12 bits per heavy atom. The SMILES string of the molecule is CC(=O)Cc1ccc(F)c([C@](C)(CC(C)=O)C[S@](=O)C(C)(C)C)c1. The van der Waals surface area contributed by atoms with Crippen molar-refractivity contribution in [1.29, 1.82) is 0 Å². The smallest absolute Gasteiger partial charge is 0.134 e. The summed E-state index contributed by atoms with van der Waals surface area (Å²) >= 11 is 0. The molecule has 0 spiro atoms. The fourth-order valence-electron chi connectivity index (χ4n) is 2.71. The molecule has 0 unspecified atom stereocenters. The molecule has 5 heteroatoms. The molecule has 0 amide bonds. The normalized spacial score (nSPS) is 15.6. The van der Waals surface area contributed by atoms with Gasteiger partial charge in [0.2, 0.25) is 0 Å². The van der Waals surface area contributed by atoms with Crippen molar-refractivity contribution in [3.63, 3.8) is 0 Å². The van der Waals surface area contributed by atoms with Crippen LogP contribution in [0.15, 0.2) is 18.2 Å². The second-order valence-corrected chi connectivity index (χ2v) is 9.94. The number of rotatable bonds is 7. The summed E-state index contributed by atoms with van der Waals surface area (Å²) in [6.07, 6.45) is 0.320. The highest BCUT2D eigenvalue weighted by Crippen LogP contribution is 2.34. The Bertz CT molecular complexity index is 661. The van der Waals surface area contributed by atoms with Gasteiger partial charge in [-0.1, -0.05) is 19.1 Å². The molecule has 0 aliphatic rings. The molecule has 3 nitrogen and oxygen atoms in total. The average Bonchev–Trinajstić information content (AvgIpc) is 2.38. The van der Waals surface area contributed by atoms with Crippen molar-refractivity contribution in [3.05, 3.63) is 35.1 Å². The van der Waals surface area contributed by atoms with E-state index in [1.807, 2.05) is 20.8 Å². The van der Waals surface area contributed by atoms with Crippen molar-refractivity contribution in [2.75, 3.05) is 5.75 Å². The molecular formula is C19H27FO3S. The fourth-order valence-corrected chi connectivity index (χ4v) is 3.98. The lowest BCUT2D eigenvalue weighted by molar-refractivity contribution is -0.118. The third kappa shape index (κ3) is 5.62. The maximum Gasteiger partial charge on any atom is 0.134 e. The zero-order valence-corrected chi connectivity index (χ0v) is 16.2. The monoisotopic (exact) mass is 354 g/mol. The van der Waals surface area contributed by atoms with Gasteiger partial charge in [0, 0.05) is 39.6 Å². The molecule has 1 rings (SSSR count). The van der Waals surface area contributed by atoms with Gasteiger partial charge in [-0.2, -0.15) is 0 Å². The van der Waals surface area contributed by atoms with E-state index in [2.05, 4.69) is 0 Å². The first-order valence-corrected chi connectivity index (χ1v) is 9.33. The number of hydrogen-bond donors (Lipinski definition) is 0. The Kier molecular flexibility index (Phi) is 6.62. The van der Waals surface area contributed by atoms with Crippen LogP contribution in [0.25, 0.3) is 0 Å². The molecule has 1 aromatic rings. The van der Waals surface area contributed by atoms with Crippen molar-refractivity contribution >= 4 is 22.4 Å². The Morgan fingerprint density at radius 1 is 1.08 bits per heavy atom. The van der Waals surface area contributed by atoms with Gasteiger partial charge in [0.25, 0.3) is 0 Å². The minimum absolute atomic E-state index is 0.0147. The lowest BCUT2D eigenvalue weighted by Crippen LogP contribution is -2.38. The molecule has 0 saturated heterocycles. The van der Waals surface area contributed by atoms with Crippen LogP contribution >= 0.6 is 0 Å². The summed E-state index contributed by atoms with van der Waals surface area (Å²) in [7, 11) is -1.24. The van der Waals surface area contributed by atoms with Gasteiger partial charge in [-0.3, -0.25) is 13.8 Å². The molecule has 0 aliphatic carbocycles. The molecule has 0 radical (unpaired) electrons. The van der Waals surface area contributed by atoms with Gasteiger partial charge in [-0.05, 0) is 51.8 Å². The Hall–Kier alpha value is -1.36. The van der Waals surface area contributed by atoms with Crippen LogP contribution in [0.1, 0.15) is 59.1 Å². The number of benzene rings is 1. The first-order chi connectivity index (χ1) is 10.8. The van der Waals surface area contributed by atoms with Gasteiger partial charge >= 0.3 is 0 Å². The van der Waals surface area contributed by atoms with Gasteiger partial charge < -0.3 is 0 Å². The van der Waals surface area contributed by atoms with E-state index in [1.165, 1.54) is 19.9 Å². The number of hydrogen-bond acceptors (Lipinski definition) is 3. The van der Waals surface area contributed by atoms with Crippen molar-refractivity contribution in [3.8, 4) is 0 Å². The first-order valence-electron chi connectivity index (χ1n) is 8.01. The van der Waals surface area contributed by atoms with Crippen molar-refractivity contribution in [1.82, 2.24) is 0 Å². The highest BCUT2D eigenvalue weighted by Gasteiger charge is 2.36. The summed E-state index contributed by atoms with van der Waals surface area (Å²) in [5, 5.41) is 0. The summed E-state index contributed by atoms with van der Waals surface area (Å²) in [6.45, 7) is 10.3. The van der Waals surface area contributed by atoms with Crippen molar-refractivity contribution in [2.45, 2.75) is 64.5 Å². The van der Waals surface area contributed by atoms with E-state index in [4.69, 9.17) is 0 Å². The number of carbonyl (C=O) groups is 2. The predicted molar refractivity (Wildman–Crippen MR) is 96.2 cm³/mol. The van der Waals surface area contributed by atoms with Crippen LogP contribution in [-0.2, 0) is 32.2 Å². The van der Waals surface area contributed by atoms with Crippen LogP contribution in [-0.4, -0.2) is 26.3 Å². The zero-order chi connectivity index (χ0) is 18.7. The maximum atomic E-state index is 14.5. The number of ketones is 2. The lowest BCUT2D eigenvalue weighted by Gasteiger charge is -2.32. The Morgan fingerprint density at radius 2 is 1.67 bits per heavy atom. The summed E-state index contributed by atoms with van der Waals surface area (Å²) in [5.41, 5.74) is 0.185. The maximum absolute atomic E-state index is 14.5. The van der Waals surface area contributed by atoms with E-state index in [1.54, 1.807) is 19.1 Å². The molecule has 0 heterocycles. The van der Waals surface area contributed by atoms with Crippen molar-refractivity contribution < 1.29 is 18.2 Å². The van der Waals surface area contributed by atoms with Gasteiger partial charge in [0.1, 0.15) is 17.4 Å². The van der Waals surface area contributed by atoms with Crippen molar-refractivity contribution in [2.24, 2.45) is 0 Å². The molecule has 0 bridgehead atoms. The van der Waals surface area contributed by atoms with Crippen LogP contribution in [0.4, 0.5) is 4.39 Å². The zero-order valence-electron chi connectivity index (χ0n) is 15.4. The van der Waals surface area contributed by atoms with E-state index in [9.17, 15) is 18.2 Å². The van der Waals surface area contributed by atoms with Crippen LogP contribution in [0.5, 0.6) is 0 Å². The molecule has 0 aromatic heterocycles. The van der Waals surface area contributed by atoms with Crippen LogP contribution in [0.3, 0.4) is 0 Å². The standard InChI is InChI=1S/C19H27FO3S/c1-13(21)9-15-7-8-17(20)16(10-15)19(6,11-14(2)22)12-24(23)18(3,4)5/h7-8,10H,9,11-12H2,1-6H3/t19-,24+/m1/s1. The summed E-state index contributed by atoms with van der Waals surface area (Å²) in [5.74, 6) is -0.341. The molecule has 134 valence electrons. The van der Waals surface area contributed by atoms with E-state index in [0.717, 1.165) is 0 Å². The van der Waals surface area contributed by atoms with Crippen LogP contribution < -0.4 is 0 Å². The quantitative estimate of drug-likeness (QED) is 0.749. The molecule has 0 fully saturated rings. The summed E-state index contributed by atoms with van der Waals surface area (Å²) in [4.78, 5) is 23.1. The minimum Gasteiger partial charge on any atom is -0.300 e. The topological polar surface area (TPSA) is 51.2 Å². The van der Waals surface area contributed by atoms with Gasteiger partial charge in [-0.25, -0.2) is 4.39 Å². The van der Waals surface area contributed by atoms with Crippen LogP contribution in [0.2, 0.25) is 0 Å². The van der Waals surface area contributed by atoms with E-state index >= 15 is 0 Å². The molecule has 0 N–H and O–H groups in total. The molecule has 0 saturated carbocycles. The van der Waals surface area contributed by atoms with Crippen LogP contribution in [0, 0.1) is 5.82 Å². The third-order valence-corrected chi connectivity index (χ3v) is 6.17. The average molecular weight is 354 g/mol. The van der Waals surface area contributed by atoms with E-state index in [-0.39, 0.29) is 30.2 Å². The minimum atomic E-state index is -1.24. The van der Waals surface area contributed by atoms with Gasteiger partial charge in [-0.15, -0.1) is 0 Å². The third-order valence-electron chi connectivity index (χ3n) is 3.91. The molecule has 0 aliphatic heterocycles. The molecule has 1 aromatic carbocycles. The largest absolute Gasteiger partial charge is 0.300 e. The summed E-state index contributed by atoms with van der Waals surface area (Å²) in [6, 6.07) is 4.54. The molecule has 24 heavy (non-hydrogen) atoms. The molecular weight excluding hydrogens is 327 g/mol. The predicted octanol–water partition coefficient (Wildman–Crippen LogP) is 3.74. The fraction of sp³-hybridized carbons (Fsp3) is 0.579. The number of halogens is 1. The number of Topliss-reactive ketones (excluding diaryl/α,β-unsaturated/α-hetero) is 2. The van der Waals surface area contributed by atoms with E-state index < -0.39 is 26.8 Å². The van der Waals surface area contributed by atoms with E-state index in [0.29, 0.717) is 11.1 Å². The second kappa shape index (κ2) is 7.68. The van der Waals surface area contributed by atoms with Gasteiger partial charge in [0.15, 0.2) is 0 Å². The highest BCUT2D eigenvalue weighted by molar-refractivity contribution is 7.86. The Balaban J connectivity index is 3.36. The summed E-state index contributed by atoms with van der Waals surface area (Å²) < 4.78 is 26.7. The highest BCUT2D eigenvalue weighted by atomic mass is 32.2. The number of carbonyl (C=O) groups excluding carboxylic acids is 2. The first kappa shape index (κ1) is 20.7. The molecule has 2 atom stereocenters. The second-order valence-electron chi connectivity index (χ2n) is 7.73. The Labute approximate surface area is 146 Å². The lowest BCUT2D eigenvalue weighted by atomic mass is 9.79.